The van der Waals surface area contributed by atoms with E-state index in [0.29, 0.717) is 5.92 Å². The van der Waals surface area contributed by atoms with Crippen molar-refractivity contribution in [3.8, 4) is 0 Å². The molecule has 35 heavy (non-hydrogen) atoms. The highest BCUT2D eigenvalue weighted by atomic mass is 31.1. The molecule has 0 N–H and O–H groups in total. The van der Waals surface area contributed by atoms with Gasteiger partial charge in [-0.1, -0.05) is 141 Å². The third-order valence-electron chi connectivity index (χ3n) is 7.90. The fourth-order valence-corrected chi connectivity index (χ4v) is 7.53. The molecule has 1 unspecified atom stereocenters. The summed E-state index contributed by atoms with van der Waals surface area (Å²) in [4.78, 5) is 0. The molecule has 0 aliphatic rings. The molecular formula is C34H47P. The predicted molar refractivity (Wildman–Crippen MR) is 160 cm³/mol. The molecule has 1 heteroatoms. The Morgan fingerprint density at radius 2 is 0.914 bits per heavy atom. The van der Waals surface area contributed by atoms with Crippen LogP contribution in [-0.4, -0.2) is 0 Å². The van der Waals surface area contributed by atoms with Gasteiger partial charge in [0.25, 0.3) is 0 Å². The van der Waals surface area contributed by atoms with Crippen molar-refractivity contribution in [2.75, 3.05) is 0 Å². The second-order valence-electron chi connectivity index (χ2n) is 11.6. The average molecular weight is 487 g/mol. The Kier molecular flexibility index (Phi) is 9.40. The molecule has 0 aromatic heterocycles. The average Bonchev–Trinajstić information content (AvgIpc) is 2.85. The Labute approximate surface area is 217 Å². The highest BCUT2D eigenvalue weighted by Gasteiger charge is 2.23. The first-order valence-corrected chi connectivity index (χ1v) is 15.1. The zero-order chi connectivity index (χ0) is 25.6. The minimum Gasteiger partial charge on any atom is -0.0654 e. The van der Waals surface area contributed by atoms with Crippen molar-refractivity contribution in [3.05, 3.63) is 89.5 Å². The van der Waals surface area contributed by atoms with Gasteiger partial charge in [-0.25, -0.2) is 0 Å². The van der Waals surface area contributed by atoms with Crippen LogP contribution >= 0.6 is 7.92 Å². The first-order valence-electron chi connectivity index (χ1n) is 13.7. The van der Waals surface area contributed by atoms with E-state index < -0.39 is 7.92 Å². The maximum absolute atomic E-state index is 2.40. The van der Waals surface area contributed by atoms with E-state index >= 15 is 0 Å². The Hall–Kier alpha value is -1.91. The molecule has 0 fully saturated rings. The van der Waals surface area contributed by atoms with E-state index in [2.05, 4.69) is 128 Å². The maximum Gasteiger partial charge on any atom is -0.0104 e. The van der Waals surface area contributed by atoms with Crippen LogP contribution in [0, 0.1) is 0 Å². The van der Waals surface area contributed by atoms with E-state index in [1.54, 1.807) is 0 Å². The van der Waals surface area contributed by atoms with E-state index in [4.69, 9.17) is 0 Å². The van der Waals surface area contributed by atoms with Crippen LogP contribution < -0.4 is 15.9 Å². The molecule has 0 heterocycles. The van der Waals surface area contributed by atoms with Crippen LogP contribution in [0.15, 0.2) is 72.8 Å². The number of hydrogen-bond acceptors (Lipinski definition) is 0. The molecule has 0 bridgehead atoms. The van der Waals surface area contributed by atoms with Gasteiger partial charge in [0.2, 0.25) is 0 Å². The van der Waals surface area contributed by atoms with Gasteiger partial charge in [0.05, 0.1) is 0 Å². The lowest BCUT2D eigenvalue weighted by Crippen LogP contribution is -2.23. The van der Waals surface area contributed by atoms with E-state index in [-0.39, 0.29) is 10.8 Å². The topological polar surface area (TPSA) is 0 Å². The molecule has 3 rings (SSSR count). The molecule has 0 saturated heterocycles. The lowest BCUT2D eigenvalue weighted by molar-refractivity contribution is 0.473. The van der Waals surface area contributed by atoms with Crippen molar-refractivity contribution < 1.29 is 0 Å². The van der Waals surface area contributed by atoms with Crippen LogP contribution in [0.1, 0.15) is 110 Å². The van der Waals surface area contributed by atoms with E-state index in [0.717, 1.165) is 0 Å². The van der Waals surface area contributed by atoms with Crippen LogP contribution in [0.25, 0.3) is 0 Å². The summed E-state index contributed by atoms with van der Waals surface area (Å²) < 4.78 is 0. The molecule has 0 radical (unpaired) electrons. The summed E-state index contributed by atoms with van der Waals surface area (Å²) in [5, 5.41) is 4.31. The zero-order valence-electron chi connectivity index (χ0n) is 23.5. The van der Waals surface area contributed by atoms with Gasteiger partial charge in [0.1, 0.15) is 0 Å². The number of rotatable bonds is 11. The van der Waals surface area contributed by atoms with Gasteiger partial charge in [-0.3, -0.25) is 0 Å². The summed E-state index contributed by atoms with van der Waals surface area (Å²) in [6.45, 7) is 18.7. The molecule has 0 spiro atoms. The molecule has 188 valence electrons. The van der Waals surface area contributed by atoms with Crippen molar-refractivity contribution in [1.82, 2.24) is 0 Å². The second kappa shape index (κ2) is 11.9. The Morgan fingerprint density at radius 3 is 1.23 bits per heavy atom. The van der Waals surface area contributed by atoms with Crippen LogP contribution in [-0.2, 0) is 10.8 Å². The smallest absolute Gasteiger partial charge is 0.0104 e. The van der Waals surface area contributed by atoms with Crippen LogP contribution in [0.3, 0.4) is 0 Å². The van der Waals surface area contributed by atoms with Crippen LogP contribution in [0.2, 0.25) is 0 Å². The van der Waals surface area contributed by atoms with Gasteiger partial charge in [-0.2, -0.15) is 0 Å². The highest BCUT2D eigenvalue weighted by molar-refractivity contribution is 7.79. The fourth-order valence-electron chi connectivity index (χ4n) is 5.30. The van der Waals surface area contributed by atoms with E-state index in [1.165, 1.54) is 64.7 Å². The van der Waals surface area contributed by atoms with E-state index in [1.807, 2.05) is 0 Å². The number of hydrogen-bond donors (Lipinski definition) is 0. The minimum atomic E-state index is -0.594. The molecule has 1 atom stereocenters. The first-order chi connectivity index (χ1) is 16.6. The van der Waals surface area contributed by atoms with Gasteiger partial charge in [0, 0.05) is 0 Å². The molecule has 0 aliphatic heterocycles. The summed E-state index contributed by atoms with van der Waals surface area (Å²) in [5.74, 6) is 0.607. The van der Waals surface area contributed by atoms with Gasteiger partial charge in [0.15, 0.2) is 0 Å². The molecular weight excluding hydrogens is 439 g/mol. The fraction of sp³-hybridized carbons (Fsp3) is 0.471. The number of benzene rings is 3. The molecule has 3 aromatic rings. The zero-order valence-corrected chi connectivity index (χ0v) is 24.4. The minimum absolute atomic E-state index is 0.223. The van der Waals surface area contributed by atoms with Crippen molar-refractivity contribution in [2.45, 2.75) is 104 Å². The maximum atomic E-state index is 2.40. The third kappa shape index (κ3) is 6.65. The summed E-state index contributed by atoms with van der Waals surface area (Å²) in [5.41, 5.74) is 4.78. The van der Waals surface area contributed by atoms with Crippen molar-refractivity contribution in [2.24, 2.45) is 0 Å². The summed E-state index contributed by atoms with van der Waals surface area (Å²) in [7, 11) is -0.594. The van der Waals surface area contributed by atoms with Crippen molar-refractivity contribution in [1.29, 1.82) is 0 Å². The SMILES string of the molecule is CCCC(C)(C)c1ccc(P(c2ccc(C(C)CC)cc2)c2ccc(C(C)(C)CCC)cc2)cc1. The van der Waals surface area contributed by atoms with Gasteiger partial charge in [-0.15, -0.1) is 0 Å². The third-order valence-corrected chi connectivity index (χ3v) is 10.3. The highest BCUT2D eigenvalue weighted by Crippen LogP contribution is 2.36. The Morgan fingerprint density at radius 1 is 0.571 bits per heavy atom. The van der Waals surface area contributed by atoms with Gasteiger partial charge >= 0.3 is 0 Å². The normalized spacial score (nSPS) is 13.3. The monoisotopic (exact) mass is 486 g/mol. The Balaban J connectivity index is 2.03. The van der Waals surface area contributed by atoms with Gasteiger partial charge < -0.3 is 0 Å². The van der Waals surface area contributed by atoms with E-state index in [9.17, 15) is 0 Å². The molecule has 3 aromatic carbocycles. The standard InChI is InChI=1S/C34H47P/c1-9-24-33(5,6)28-14-20-31(21-15-28)35(30-18-12-27(13-19-30)26(4)11-3)32-22-16-29(17-23-32)34(7,8)25-10-2/h12-23,26H,9-11,24-25H2,1-8H3. The molecule has 0 saturated carbocycles. The lowest BCUT2D eigenvalue weighted by Gasteiger charge is -2.27. The second-order valence-corrected chi connectivity index (χ2v) is 13.8. The van der Waals surface area contributed by atoms with Crippen LogP contribution in [0.5, 0.6) is 0 Å². The largest absolute Gasteiger partial charge is 0.0654 e. The summed E-state index contributed by atoms with van der Waals surface area (Å²) in [6, 6.07) is 28.6. The summed E-state index contributed by atoms with van der Waals surface area (Å²) >= 11 is 0. The molecule has 0 nitrogen and oxygen atoms in total. The summed E-state index contributed by atoms with van der Waals surface area (Å²) in [6.07, 6.45) is 6.04. The van der Waals surface area contributed by atoms with Gasteiger partial charge in [-0.05, 0) is 76.5 Å². The van der Waals surface area contributed by atoms with Crippen molar-refractivity contribution in [3.63, 3.8) is 0 Å². The lowest BCUT2D eigenvalue weighted by atomic mass is 9.81. The quantitative estimate of drug-likeness (QED) is 0.237. The predicted octanol–water partition coefficient (Wildman–Crippen LogP) is 9.11. The molecule has 0 aliphatic carbocycles. The molecule has 0 amide bonds. The first kappa shape index (κ1) is 27.7. The van der Waals surface area contributed by atoms with Crippen molar-refractivity contribution >= 4 is 23.8 Å². The Bertz CT molecular complexity index is 978. The van der Waals surface area contributed by atoms with Crippen LogP contribution in [0.4, 0.5) is 0 Å².